The Bertz CT molecular complexity index is 181. The van der Waals surface area contributed by atoms with E-state index in [2.05, 4.69) is 18.3 Å². The highest BCUT2D eigenvalue weighted by molar-refractivity contribution is 5.35. The monoisotopic (exact) mass is 135 g/mol. The van der Waals surface area contributed by atoms with Gasteiger partial charge in [0, 0.05) is 0 Å². The molecule has 0 aliphatic rings. The molecule has 0 rings (SSSR count). The Morgan fingerprint density at radius 1 is 1.40 bits per heavy atom. The lowest BCUT2D eigenvalue weighted by molar-refractivity contribution is 1.26. The van der Waals surface area contributed by atoms with E-state index in [1.165, 1.54) is 0 Å². The minimum absolute atomic E-state index is 0.917. The molecule has 0 amide bonds. The Balaban J connectivity index is 4.38. The summed E-state index contributed by atoms with van der Waals surface area (Å²) in [5.74, 6) is 0. The molecule has 0 saturated heterocycles. The zero-order chi connectivity index (χ0) is 7.98. The Kier molecular flexibility index (Phi) is 4.21. The zero-order valence-electron chi connectivity index (χ0n) is 6.59. The van der Waals surface area contributed by atoms with Crippen molar-refractivity contribution in [1.29, 1.82) is 0 Å². The molecule has 0 aliphatic carbocycles. The van der Waals surface area contributed by atoms with Crippen LogP contribution >= 0.6 is 0 Å². The molecule has 0 aromatic heterocycles. The van der Waals surface area contributed by atoms with Crippen LogP contribution in [0.1, 0.15) is 13.8 Å². The van der Waals surface area contributed by atoms with Gasteiger partial charge in [0.15, 0.2) is 0 Å². The first-order chi connectivity index (χ1) is 4.72. The Labute approximate surface area is 62.5 Å². The number of nitrogens with zero attached hydrogens (tertiary/aromatic N) is 1. The van der Waals surface area contributed by atoms with Gasteiger partial charge in [-0.3, -0.25) is 4.99 Å². The number of hydrogen-bond donors (Lipinski definition) is 0. The number of hydrogen-bond acceptors (Lipinski definition) is 1. The first kappa shape index (κ1) is 8.89. The molecule has 0 bridgehead atoms. The van der Waals surface area contributed by atoms with Crippen LogP contribution in [0.3, 0.4) is 0 Å². The Hall–Kier alpha value is -1.11. The van der Waals surface area contributed by atoms with Crippen molar-refractivity contribution in [3.63, 3.8) is 0 Å². The highest BCUT2D eigenvalue weighted by atomic mass is 14.7. The van der Waals surface area contributed by atoms with E-state index in [4.69, 9.17) is 0 Å². The minimum Gasteiger partial charge on any atom is -0.265 e. The second kappa shape index (κ2) is 4.74. The van der Waals surface area contributed by atoms with Crippen LogP contribution in [0.15, 0.2) is 41.1 Å². The second-order valence-electron chi connectivity index (χ2n) is 2.14. The Morgan fingerprint density at radius 3 is 2.30 bits per heavy atom. The molecule has 0 aliphatic heterocycles. The zero-order valence-corrected chi connectivity index (χ0v) is 6.59. The molecule has 0 atom stereocenters. The fourth-order valence-electron chi connectivity index (χ4n) is 0.537. The molecule has 54 valence electrons. The van der Waals surface area contributed by atoms with E-state index in [0.717, 1.165) is 11.3 Å². The molecule has 0 radical (unpaired) electrons. The normalized spacial score (nSPS) is 9.40. The lowest BCUT2D eigenvalue weighted by atomic mass is 10.2. The third kappa shape index (κ3) is 3.02. The molecule has 0 heterocycles. The second-order valence-corrected chi connectivity index (χ2v) is 2.14. The quantitative estimate of drug-likeness (QED) is 0.417. The van der Waals surface area contributed by atoms with E-state index >= 15 is 0 Å². The molecule has 0 saturated carbocycles. The lowest BCUT2D eigenvalue weighted by Crippen LogP contribution is -1.74. The van der Waals surface area contributed by atoms with E-state index < -0.39 is 0 Å². The average Bonchev–Trinajstić information content (AvgIpc) is 1.89. The summed E-state index contributed by atoms with van der Waals surface area (Å²) in [6, 6.07) is 0. The summed E-state index contributed by atoms with van der Waals surface area (Å²) in [5, 5.41) is 0. The van der Waals surface area contributed by atoms with Crippen molar-refractivity contribution < 1.29 is 0 Å². The summed E-state index contributed by atoms with van der Waals surface area (Å²) in [6.45, 7) is 11.0. The van der Waals surface area contributed by atoms with Crippen LogP contribution in [-0.4, -0.2) is 6.72 Å². The van der Waals surface area contributed by atoms with Crippen LogP contribution in [0.4, 0.5) is 0 Å². The number of allylic oxidation sites excluding steroid dienone is 4. The number of aliphatic imine (C=N–C) groups is 1. The fraction of sp³-hybridized carbons (Fsp3) is 0.222. The average molecular weight is 135 g/mol. The summed E-state index contributed by atoms with van der Waals surface area (Å²) in [6.07, 6.45) is 5.44. The van der Waals surface area contributed by atoms with Crippen molar-refractivity contribution in [3.8, 4) is 0 Å². The maximum atomic E-state index is 3.82. The maximum absolute atomic E-state index is 3.82. The standard InChI is InChI=1S/C9H13N/c1-5-6-7-9(10-4)8(2)3/h5-7H,1,4H2,2-3H3/b7-6-. The first-order valence-corrected chi connectivity index (χ1v) is 3.15. The van der Waals surface area contributed by atoms with Crippen LogP contribution in [0.25, 0.3) is 0 Å². The first-order valence-electron chi connectivity index (χ1n) is 3.15. The fourth-order valence-corrected chi connectivity index (χ4v) is 0.537. The molecule has 0 N–H and O–H groups in total. The highest BCUT2D eigenvalue weighted by Gasteiger charge is 1.86. The lowest BCUT2D eigenvalue weighted by Gasteiger charge is -1.93. The van der Waals surface area contributed by atoms with Gasteiger partial charge in [-0.25, -0.2) is 0 Å². The summed E-state index contributed by atoms with van der Waals surface area (Å²) in [4.78, 5) is 3.82. The van der Waals surface area contributed by atoms with Gasteiger partial charge in [0.1, 0.15) is 0 Å². The van der Waals surface area contributed by atoms with E-state index in [1.54, 1.807) is 6.08 Å². The van der Waals surface area contributed by atoms with Crippen LogP contribution in [-0.2, 0) is 0 Å². The molecule has 10 heavy (non-hydrogen) atoms. The van der Waals surface area contributed by atoms with Gasteiger partial charge in [0.05, 0.1) is 5.70 Å². The van der Waals surface area contributed by atoms with E-state index in [9.17, 15) is 0 Å². The molecule has 0 fully saturated rings. The van der Waals surface area contributed by atoms with E-state index in [0.29, 0.717) is 0 Å². The number of rotatable bonds is 3. The van der Waals surface area contributed by atoms with Gasteiger partial charge in [-0.2, -0.15) is 0 Å². The molecule has 0 unspecified atom stereocenters. The van der Waals surface area contributed by atoms with Gasteiger partial charge < -0.3 is 0 Å². The van der Waals surface area contributed by atoms with Crippen molar-refractivity contribution in [3.05, 3.63) is 36.1 Å². The Morgan fingerprint density at radius 2 is 2.00 bits per heavy atom. The predicted molar refractivity (Wildman–Crippen MR) is 47.3 cm³/mol. The third-order valence-corrected chi connectivity index (χ3v) is 1.07. The predicted octanol–water partition coefficient (Wildman–Crippen LogP) is 2.72. The van der Waals surface area contributed by atoms with Crippen molar-refractivity contribution >= 4 is 6.72 Å². The van der Waals surface area contributed by atoms with Crippen LogP contribution in [0, 0.1) is 0 Å². The van der Waals surface area contributed by atoms with E-state index in [1.807, 2.05) is 26.0 Å². The maximum Gasteiger partial charge on any atom is 0.0608 e. The van der Waals surface area contributed by atoms with Crippen molar-refractivity contribution in [2.75, 3.05) is 0 Å². The topological polar surface area (TPSA) is 12.4 Å². The van der Waals surface area contributed by atoms with Gasteiger partial charge in [-0.15, -0.1) is 0 Å². The van der Waals surface area contributed by atoms with Crippen molar-refractivity contribution in [2.24, 2.45) is 4.99 Å². The molecule has 0 aromatic carbocycles. The molecule has 1 heteroatoms. The van der Waals surface area contributed by atoms with Gasteiger partial charge in [0.2, 0.25) is 0 Å². The van der Waals surface area contributed by atoms with E-state index in [-0.39, 0.29) is 0 Å². The third-order valence-electron chi connectivity index (χ3n) is 1.07. The van der Waals surface area contributed by atoms with Crippen molar-refractivity contribution in [1.82, 2.24) is 0 Å². The molecule has 0 spiro atoms. The largest absolute Gasteiger partial charge is 0.265 e. The molecule has 0 aromatic rings. The van der Waals surface area contributed by atoms with Gasteiger partial charge in [-0.05, 0) is 26.6 Å². The van der Waals surface area contributed by atoms with Crippen LogP contribution in [0.5, 0.6) is 0 Å². The SMILES string of the molecule is C=C/C=C\C(N=C)=C(C)C. The van der Waals surface area contributed by atoms with Crippen LogP contribution < -0.4 is 0 Å². The smallest absolute Gasteiger partial charge is 0.0608 e. The molecular formula is C9H13N. The van der Waals surface area contributed by atoms with Crippen molar-refractivity contribution in [2.45, 2.75) is 13.8 Å². The summed E-state index contributed by atoms with van der Waals surface area (Å²) < 4.78 is 0. The molecular weight excluding hydrogens is 122 g/mol. The summed E-state index contributed by atoms with van der Waals surface area (Å²) in [5.41, 5.74) is 2.08. The summed E-state index contributed by atoms with van der Waals surface area (Å²) >= 11 is 0. The van der Waals surface area contributed by atoms with Gasteiger partial charge in [0.25, 0.3) is 0 Å². The summed E-state index contributed by atoms with van der Waals surface area (Å²) in [7, 11) is 0. The van der Waals surface area contributed by atoms with Gasteiger partial charge >= 0.3 is 0 Å². The minimum atomic E-state index is 0.917. The molecule has 1 nitrogen and oxygen atoms in total. The highest BCUT2D eigenvalue weighted by Crippen LogP contribution is 2.04. The van der Waals surface area contributed by atoms with Crippen LogP contribution in [0.2, 0.25) is 0 Å². The van der Waals surface area contributed by atoms with Gasteiger partial charge in [-0.1, -0.05) is 24.3 Å².